The van der Waals surface area contributed by atoms with Crippen LogP contribution in [0.3, 0.4) is 0 Å². The highest BCUT2D eigenvalue weighted by Crippen LogP contribution is 2.35. The van der Waals surface area contributed by atoms with E-state index in [0.717, 1.165) is 31.6 Å². The van der Waals surface area contributed by atoms with Gasteiger partial charge in [0.25, 0.3) is 11.6 Å². The fourth-order valence-corrected chi connectivity index (χ4v) is 5.89. The Labute approximate surface area is 197 Å². The molecule has 3 heterocycles. The number of rotatable bonds is 5. The summed E-state index contributed by atoms with van der Waals surface area (Å²) in [4.78, 5) is 35.6. The maximum Gasteiger partial charge on any atom is 0.270 e. The Bertz CT molecular complexity index is 1530. The summed E-state index contributed by atoms with van der Waals surface area (Å²) in [6, 6.07) is 14.3. The predicted octanol–water partition coefficient (Wildman–Crippen LogP) is 6.28. The summed E-state index contributed by atoms with van der Waals surface area (Å²) in [6.45, 7) is 4.38. The maximum absolute atomic E-state index is 13.7. The van der Waals surface area contributed by atoms with Crippen molar-refractivity contribution in [1.29, 1.82) is 0 Å². The second kappa shape index (κ2) is 8.34. The van der Waals surface area contributed by atoms with Crippen LogP contribution >= 0.6 is 22.7 Å². The molecule has 33 heavy (non-hydrogen) atoms. The Hall–Kier alpha value is -3.69. The van der Waals surface area contributed by atoms with Crippen molar-refractivity contribution in [2.45, 2.75) is 20.4 Å². The smallest absolute Gasteiger partial charge is 0.270 e. The number of thiophene rings is 1. The average molecular weight is 475 g/mol. The summed E-state index contributed by atoms with van der Waals surface area (Å²) in [7, 11) is 0. The van der Waals surface area contributed by atoms with Crippen molar-refractivity contribution in [3.63, 3.8) is 0 Å². The lowest BCUT2D eigenvalue weighted by atomic mass is 10.1. The number of anilines is 1. The van der Waals surface area contributed by atoms with E-state index >= 15 is 0 Å². The molecule has 0 aliphatic heterocycles. The molecule has 0 bridgehead atoms. The third-order valence-corrected chi connectivity index (χ3v) is 7.41. The first kappa shape index (κ1) is 21.2. The molecule has 3 aromatic heterocycles. The molecule has 1 amide bonds. The van der Waals surface area contributed by atoms with E-state index in [0.29, 0.717) is 21.9 Å². The van der Waals surface area contributed by atoms with E-state index in [4.69, 9.17) is 4.98 Å². The number of nitro benzene ring substituents is 1. The van der Waals surface area contributed by atoms with E-state index in [1.807, 2.05) is 26.0 Å². The van der Waals surface area contributed by atoms with Crippen LogP contribution in [0.15, 0.2) is 60.9 Å². The molecule has 0 saturated carbocycles. The Kier molecular flexibility index (Phi) is 5.35. The molecule has 0 N–H and O–H groups in total. The number of fused-ring (bicyclic) bond motifs is 2. The Balaban J connectivity index is 1.59. The molecule has 5 rings (SSSR count). The minimum Gasteiger partial charge on any atom is -0.279 e. The number of benzene rings is 2. The van der Waals surface area contributed by atoms with Crippen LogP contribution in [0.5, 0.6) is 0 Å². The van der Waals surface area contributed by atoms with Crippen LogP contribution < -0.4 is 4.90 Å². The second-order valence-electron chi connectivity index (χ2n) is 7.77. The van der Waals surface area contributed by atoms with Crippen molar-refractivity contribution in [3.8, 4) is 0 Å². The highest BCUT2D eigenvalue weighted by Gasteiger charge is 2.24. The van der Waals surface area contributed by atoms with Gasteiger partial charge in [-0.3, -0.25) is 24.8 Å². The number of carbonyl (C=O) groups is 1. The van der Waals surface area contributed by atoms with Gasteiger partial charge in [-0.05, 0) is 54.8 Å². The molecule has 0 spiro atoms. The van der Waals surface area contributed by atoms with Gasteiger partial charge in [0.15, 0.2) is 5.13 Å². The van der Waals surface area contributed by atoms with Crippen LogP contribution in [-0.2, 0) is 6.54 Å². The zero-order chi connectivity index (χ0) is 23.1. The second-order valence-corrected chi connectivity index (χ2v) is 9.86. The quantitative estimate of drug-likeness (QED) is 0.221. The molecular weight excluding hydrogens is 456 g/mol. The number of aromatic nitrogens is 2. The van der Waals surface area contributed by atoms with Crippen molar-refractivity contribution in [3.05, 3.63) is 92.6 Å². The molecule has 0 atom stereocenters. The Morgan fingerprint density at radius 3 is 2.70 bits per heavy atom. The van der Waals surface area contributed by atoms with Gasteiger partial charge in [-0.15, -0.1) is 11.3 Å². The van der Waals surface area contributed by atoms with E-state index in [1.165, 1.54) is 34.8 Å². The number of non-ortho nitro benzene ring substituents is 1. The summed E-state index contributed by atoms with van der Waals surface area (Å²) >= 11 is 2.80. The Morgan fingerprint density at radius 1 is 1.09 bits per heavy atom. The van der Waals surface area contributed by atoms with E-state index < -0.39 is 4.92 Å². The highest BCUT2D eigenvalue weighted by molar-refractivity contribution is 7.23. The summed E-state index contributed by atoms with van der Waals surface area (Å²) in [5.74, 6) is -0.198. The van der Waals surface area contributed by atoms with E-state index in [2.05, 4.69) is 17.1 Å². The lowest BCUT2D eigenvalue weighted by Gasteiger charge is -2.19. The van der Waals surface area contributed by atoms with Gasteiger partial charge in [0, 0.05) is 34.6 Å². The lowest BCUT2D eigenvalue weighted by Crippen LogP contribution is -2.29. The average Bonchev–Trinajstić information content (AvgIpc) is 3.41. The van der Waals surface area contributed by atoms with Gasteiger partial charge >= 0.3 is 0 Å². The third kappa shape index (κ3) is 4.08. The highest BCUT2D eigenvalue weighted by atomic mass is 32.1. The molecule has 0 fully saturated rings. The number of hydrogen-bond donors (Lipinski definition) is 0. The van der Waals surface area contributed by atoms with E-state index in [9.17, 15) is 14.9 Å². The van der Waals surface area contributed by atoms with Crippen molar-refractivity contribution < 1.29 is 9.72 Å². The zero-order valence-corrected chi connectivity index (χ0v) is 19.4. The largest absolute Gasteiger partial charge is 0.279 e. The fraction of sp³-hybridized carbons (Fsp3) is 0.125. The predicted molar refractivity (Wildman–Crippen MR) is 132 cm³/mol. The van der Waals surface area contributed by atoms with Gasteiger partial charge in [0.1, 0.15) is 0 Å². The van der Waals surface area contributed by atoms with Gasteiger partial charge in [-0.2, -0.15) is 0 Å². The maximum atomic E-state index is 13.7. The SMILES string of the molecule is Cc1cc(C)c2nc(N(Cc3cccnc3)C(=O)c3cc4cc([N+](=O)[O-])ccc4s3)sc2c1. The lowest BCUT2D eigenvalue weighted by molar-refractivity contribution is -0.384. The molecule has 7 nitrogen and oxygen atoms in total. The number of amides is 1. The summed E-state index contributed by atoms with van der Waals surface area (Å²) in [6.07, 6.45) is 3.43. The third-order valence-electron chi connectivity index (χ3n) is 5.28. The van der Waals surface area contributed by atoms with Crippen LogP contribution in [0.1, 0.15) is 26.4 Å². The van der Waals surface area contributed by atoms with Crippen molar-refractivity contribution in [1.82, 2.24) is 9.97 Å². The number of aryl methyl sites for hydroxylation is 2. The van der Waals surface area contributed by atoms with Gasteiger partial charge in [0.2, 0.25) is 0 Å². The number of nitrogens with zero attached hydrogens (tertiary/aromatic N) is 4. The minimum absolute atomic E-state index is 0.00327. The molecule has 0 aliphatic rings. The normalized spacial score (nSPS) is 11.2. The Morgan fingerprint density at radius 2 is 1.94 bits per heavy atom. The van der Waals surface area contributed by atoms with Gasteiger partial charge in [0.05, 0.1) is 26.6 Å². The standard InChI is InChI=1S/C24H18N4O3S2/c1-14-8-15(2)22-20(9-14)33-24(26-22)27(13-16-4-3-7-25-12-16)23(29)21-11-17-10-18(28(30)31)5-6-19(17)32-21/h3-12H,13H2,1-2H3. The van der Waals surface area contributed by atoms with Gasteiger partial charge < -0.3 is 0 Å². The topological polar surface area (TPSA) is 89.2 Å². The van der Waals surface area contributed by atoms with Crippen LogP contribution in [-0.4, -0.2) is 20.8 Å². The molecule has 0 unspecified atom stereocenters. The van der Waals surface area contributed by atoms with E-state index in [-0.39, 0.29) is 11.6 Å². The first-order valence-electron chi connectivity index (χ1n) is 10.2. The molecule has 164 valence electrons. The number of hydrogen-bond acceptors (Lipinski definition) is 7. The molecule has 0 aliphatic carbocycles. The molecule has 2 aromatic carbocycles. The number of thiazole rings is 1. The number of carbonyl (C=O) groups excluding carboxylic acids is 1. The van der Waals surface area contributed by atoms with Crippen molar-refractivity contribution in [2.75, 3.05) is 4.90 Å². The first-order chi connectivity index (χ1) is 15.9. The zero-order valence-electron chi connectivity index (χ0n) is 17.8. The minimum atomic E-state index is -0.432. The monoisotopic (exact) mass is 474 g/mol. The number of pyridine rings is 1. The van der Waals surface area contributed by atoms with Gasteiger partial charge in [-0.25, -0.2) is 4.98 Å². The fourth-order valence-electron chi connectivity index (χ4n) is 3.76. The summed E-state index contributed by atoms with van der Waals surface area (Å²) in [5, 5.41) is 12.4. The molecule has 9 heteroatoms. The van der Waals surface area contributed by atoms with Crippen LogP contribution in [0.25, 0.3) is 20.3 Å². The molecular formula is C24H18N4O3S2. The molecule has 5 aromatic rings. The first-order valence-corrected chi connectivity index (χ1v) is 11.8. The van der Waals surface area contributed by atoms with E-state index in [1.54, 1.807) is 29.4 Å². The van der Waals surface area contributed by atoms with Crippen LogP contribution in [0.2, 0.25) is 0 Å². The number of nitro groups is 1. The van der Waals surface area contributed by atoms with Gasteiger partial charge in [-0.1, -0.05) is 23.5 Å². The van der Waals surface area contributed by atoms with Crippen LogP contribution in [0.4, 0.5) is 10.8 Å². The molecule has 0 radical (unpaired) electrons. The summed E-state index contributed by atoms with van der Waals surface area (Å²) in [5.41, 5.74) is 3.98. The van der Waals surface area contributed by atoms with Crippen molar-refractivity contribution in [2.24, 2.45) is 0 Å². The van der Waals surface area contributed by atoms with Crippen molar-refractivity contribution >= 4 is 59.7 Å². The summed E-state index contributed by atoms with van der Waals surface area (Å²) < 4.78 is 1.85. The molecule has 0 saturated heterocycles. The van der Waals surface area contributed by atoms with Crippen LogP contribution in [0, 0.1) is 24.0 Å².